The lowest BCUT2D eigenvalue weighted by Crippen LogP contribution is -2.61. The molecule has 6 N–H and O–H groups in total. The Kier molecular flexibility index (Phi) is 9.03. The van der Waals surface area contributed by atoms with Gasteiger partial charge in [0.15, 0.2) is 0 Å². The molecule has 194 valence electrons. The van der Waals surface area contributed by atoms with Crippen molar-refractivity contribution in [3.05, 3.63) is 54.1 Å². The molecule has 2 unspecified atom stereocenters. The number of hydrogen-bond acceptors (Lipinski definition) is 7. The van der Waals surface area contributed by atoms with Crippen LogP contribution in [0, 0.1) is 5.92 Å². The zero-order valence-corrected chi connectivity index (χ0v) is 20.6. The van der Waals surface area contributed by atoms with Crippen LogP contribution in [-0.4, -0.2) is 59.1 Å². The predicted molar refractivity (Wildman–Crippen MR) is 138 cm³/mol. The van der Waals surface area contributed by atoms with Gasteiger partial charge in [0, 0.05) is 19.0 Å². The number of carboxylic acid groups (broad SMARTS) is 1. The van der Waals surface area contributed by atoms with E-state index in [1.165, 1.54) is 5.56 Å². The topological polar surface area (TPSA) is 134 Å². The minimum Gasteiger partial charge on any atom is -0.488 e. The summed E-state index contributed by atoms with van der Waals surface area (Å²) >= 11 is 0. The number of rotatable bonds is 13. The molecule has 1 aliphatic heterocycles. The molecule has 4 rings (SSSR count). The van der Waals surface area contributed by atoms with E-state index in [2.05, 4.69) is 41.7 Å². The molecule has 2 atom stereocenters. The SMILES string of the molecule is NC(CCCCB(O)O)(C(=O)O)C1CC(NCc2ccc(-c3ccc(OC4CCOC4)cc3)cc2)C1. The van der Waals surface area contributed by atoms with Gasteiger partial charge in [0.25, 0.3) is 0 Å². The summed E-state index contributed by atoms with van der Waals surface area (Å²) in [5, 5.41) is 31.2. The molecule has 2 aromatic rings. The van der Waals surface area contributed by atoms with Crippen molar-refractivity contribution in [2.75, 3.05) is 13.2 Å². The Morgan fingerprint density at radius 1 is 1.08 bits per heavy atom. The summed E-state index contributed by atoms with van der Waals surface area (Å²) in [6, 6.07) is 16.8. The maximum Gasteiger partial charge on any atom is 0.451 e. The average Bonchev–Trinajstić information content (AvgIpc) is 3.34. The van der Waals surface area contributed by atoms with Crippen LogP contribution in [0.2, 0.25) is 6.32 Å². The molecule has 1 heterocycles. The molecule has 0 spiro atoms. The summed E-state index contributed by atoms with van der Waals surface area (Å²) in [6.45, 7) is 2.13. The van der Waals surface area contributed by atoms with E-state index in [1.54, 1.807) is 0 Å². The monoisotopic (exact) mass is 496 g/mol. The van der Waals surface area contributed by atoms with Crippen molar-refractivity contribution in [2.45, 2.75) is 69.1 Å². The van der Waals surface area contributed by atoms with Crippen molar-refractivity contribution < 1.29 is 29.4 Å². The quantitative estimate of drug-likeness (QED) is 0.211. The molecule has 1 saturated carbocycles. The third kappa shape index (κ3) is 6.86. The average molecular weight is 496 g/mol. The third-order valence-electron chi connectivity index (χ3n) is 7.49. The molecule has 9 heteroatoms. The summed E-state index contributed by atoms with van der Waals surface area (Å²) in [5.74, 6) is -0.192. The van der Waals surface area contributed by atoms with Crippen molar-refractivity contribution in [2.24, 2.45) is 11.7 Å². The summed E-state index contributed by atoms with van der Waals surface area (Å²) in [6.07, 6.45) is 4.22. The Hall–Kier alpha value is -2.43. The number of nitrogens with one attached hydrogen (secondary N) is 1. The minimum absolute atomic E-state index is 0.0814. The van der Waals surface area contributed by atoms with Crippen LogP contribution in [-0.2, 0) is 16.1 Å². The molecule has 0 amide bonds. The second kappa shape index (κ2) is 12.2. The van der Waals surface area contributed by atoms with Gasteiger partial charge in [-0.15, -0.1) is 0 Å². The van der Waals surface area contributed by atoms with Gasteiger partial charge in [-0.1, -0.05) is 49.2 Å². The van der Waals surface area contributed by atoms with Crippen LogP contribution in [0.4, 0.5) is 0 Å². The smallest absolute Gasteiger partial charge is 0.451 e. The number of nitrogens with two attached hydrogens (primary N) is 1. The lowest BCUT2D eigenvalue weighted by molar-refractivity contribution is -0.148. The maximum atomic E-state index is 11.9. The first kappa shape index (κ1) is 26.6. The summed E-state index contributed by atoms with van der Waals surface area (Å²) < 4.78 is 11.3. The second-order valence-electron chi connectivity index (χ2n) is 10.1. The summed E-state index contributed by atoms with van der Waals surface area (Å²) in [5.41, 5.74) is 8.47. The first-order chi connectivity index (χ1) is 17.3. The van der Waals surface area contributed by atoms with E-state index in [1.807, 2.05) is 12.1 Å². The molecule has 1 saturated heterocycles. The number of hydrogen-bond donors (Lipinski definition) is 5. The van der Waals surface area contributed by atoms with Crippen molar-refractivity contribution in [3.63, 3.8) is 0 Å². The second-order valence-corrected chi connectivity index (χ2v) is 10.1. The van der Waals surface area contributed by atoms with Crippen LogP contribution >= 0.6 is 0 Å². The van der Waals surface area contributed by atoms with Gasteiger partial charge < -0.3 is 35.7 Å². The zero-order valence-electron chi connectivity index (χ0n) is 20.6. The molecule has 0 bridgehead atoms. The van der Waals surface area contributed by atoms with Crippen LogP contribution in [0.3, 0.4) is 0 Å². The number of unbranched alkanes of at least 4 members (excludes halogenated alkanes) is 1. The van der Waals surface area contributed by atoms with E-state index < -0.39 is 18.6 Å². The van der Waals surface area contributed by atoms with Crippen molar-refractivity contribution in [1.29, 1.82) is 0 Å². The number of ether oxygens (including phenoxy) is 2. The molecular formula is C27H37BN2O6. The Labute approximate surface area is 213 Å². The van der Waals surface area contributed by atoms with Gasteiger partial charge in [0.05, 0.1) is 13.2 Å². The molecule has 1 aliphatic carbocycles. The van der Waals surface area contributed by atoms with E-state index in [4.69, 9.17) is 25.3 Å². The van der Waals surface area contributed by atoms with Gasteiger partial charge in [-0.2, -0.15) is 0 Å². The van der Waals surface area contributed by atoms with Gasteiger partial charge in [-0.25, -0.2) is 0 Å². The number of aliphatic carboxylic acids is 1. The molecule has 2 aliphatic rings. The van der Waals surface area contributed by atoms with Gasteiger partial charge >= 0.3 is 13.1 Å². The highest BCUT2D eigenvalue weighted by Crippen LogP contribution is 2.38. The van der Waals surface area contributed by atoms with E-state index in [9.17, 15) is 9.90 Å². The Morgan fingerprint density at radius 3 is 2.33 bits per heavy atom. The Balaban J connectivity index is 1.21. The Morgan fingerprint density at radius 2 is 1.75 bits per heavy atom. The highest BCUT2D eigenvalue weighted by Gasteiger charge is 2.48. The maximum absolute atomic E-state index is 11.9. The van der Waals surface area contributed by atoms with Gasteiger partial charge in [-0.3, -0.25) is 4.79 Å². The highest BCUT2D eigenvalue weighted by atomic mass is 16.5. The van der Waals surface area contributed by atoms with Crippen molar-refractivity contribution >= 4 is 13.1 Å². The van der Waals surface area contributed by atoms with E-state index in [0.29, 0.717) is 32.4 Å². The standard InChI is InChI=1S/C27H37BN2O6/c29-27(26(31)32,12-1-2-13-28(33)34)22-15-23(16-22)30-17-19-3-5-20(6-4-19)21-7-9-24(10-8-21)36-25-11-14-35-18-25/h3-10,22-23,25,30,33-34H,1-2,11-18,29H2,(H,31,32). The molecule has 2 fully saturated rings. The fourth-order valence-electron chi connectivity index (χ4n) is 5.04. The van der Waals surface area contributed by atoms with Crippen LogP contribution in [0.25, 0.3) is 11.1 Å². The normalized spacial score (nSPS) is 23.0. The van der Waals surface area contributed by atoms with Crippen molar-refractivity contribution in [3.8, 4) is 16.9 Å². The lowest BCUT2D eigenvalue weighted by atomic mass is 9.66. The highest BCUT2D eigenvalue weighted by molar-refractivity contribution is 6.40. The summed E-state index contributed by atoms with van der Waals surface area (Å²) in [4.78, 5) is 11.9. The first-order valence-electron chi connectivity index (χ1n) is 12.9. The molecule has 36 heavy (non-hydrogen) atoms. The minimum atomic E-state index is -1.36. The fraction of sp³-hybridized carbons (Fsp3) is 0.519. The lowest BCUT2D eigenvalue weighted by Gasteiger charge is -2.45. The number of carboxylic acids is 1. The van der Waals surface area contributed by atoms with E-state index >= 15 is 0 Å². The van der Waals surface area contributed by atoms with Crippen molar-refractivity contribution in [1.82, 2.24) is 5.32 Å². The van der Waals surface area contributed by atoms with Gasteiger partial charge in [-0.05, 0) is 60.3 Å². The molecule has 8 nitrogen and oxygen atoms in total. The predicted octanol–water partition coefficient (Wildman–Crippen LogP) is 2.81. The van der Waals surface area contributed by atoms with Crippen LogP contribution < -0.4 is 15.8 Å². The van der Waals surface area contributed by atoms with Crippen LogP contribution in [0.1, 0.15) is 44.1 Å². The van der Waals surface area contributed by atoms with E-state index in [0.717, 1.165) is 42.7 Å². The number of benzene rings is 2. The van der Waals surface area contributed by atoms with Crippen LogP contribution in [0.5, 0.6) is 5.75 Å². The number of carbonyl (C=O) groups is 1. The largest absolute Gasteiger partial charge is 0.488 e. The first-order valence-corrected chi connectivity index (χ1v) is 12.9. The zero-order chi connectivity index (χ0) is 25.5. The van der Waals surface area contributed by atoms with E-state index in [-0.39, 0.29) is 24.4 Å². The Bertz CT molecular complexity index is 975. The van der Waals surface area contributed by atoms with Gasteiger partial charge in [0.1, 0.15) is 17.4 Å². The van der Waals surface area contributed by atoms with Gasteiger partial charge in [0.2, 0.25) is 0 Å². The molecular weight excluding hydrogens is 459 g/mol. The summed E-state index contributed by atoms with van der Waals surface area (Å²) in [7, 11) is -1.36. The van der Waals surface area contributed by atoms with Crippen LogP contribution in [0.15, 0.2) is 48.5 Å². The molecule has 0 radical (unpaired) electrons. The fourth-order valence-corrected chi connectivity index (χ4v) is 5.04. The molecule has 0 aromatic heterocycles. The third-order valence-corrected chi connectivity index (χ3v) is 7.49. The molecule has 2 aromatic carbocycles.